The number of carbonyl (C=O) groups excluding carboxylic acids is 1. The molecule has 2 amide bonds. The molecule has 0 unspecified atom stereocenters. The average Bonchev–Trinajstić information content (AvgIpc) is 1.98. The SMILES string of the molecule is CC(C)Cc1cc(F)cc(NC(N)=O)c1. The van der Waals surface area contributed by atoms with Crippen LogP contribution in [0.2, 0.25) is 0 Å². The molecule has 0 bridgehead atoms. The van der Waals surface area contributed by atoms with Gasteiger partial charge in [0, 0.05) is 5.69 Å². The van der Waals surface area contributed by atoms with E-state index in [2.05, 4.69) is 5.32 Å². The van der Waals surface area contributed by atoms with Crippen LogP contribution >= 0.6 is 0 Å². The Bertz CT molecular complexity index is 364. The Kier molecular flexibility index (Phi) is 3.66. The summed E-state index contributed by atoms with van der Waals surface area (Å²) in [4.78, 5) is 10.6. The molecule has 3 N–H and O–H groups in total. The van der Waals surface area contributed by atoms with Gasteiger partial charge in [-0.15, -0.1) is 0 Å². The number of nitrogens with two attached hydrogens (primary N) is 1. The van der Waals surface area contributed by atoms with E-state index in [1.165, 1.54) is 12.1 Å². The van der Waals surface area contributed by atoms with E-state index < -0.39 is 6.03 Å². The van der Waals surface area contributed by atoms with E-state index in [0.29, 0.717) is 11.6 Å². The van der Waals surface area contributed by atoms with Gasteiger partial charge in [-0.1, -0.05) is 13.8 Å². The molecule has 4 heteroatoms. The first kappa shape index (κ1) is 11.5. The summed E-state index contributed by atoms with van der Waals surface area (Å²) in [6.07, 6.45) is 0.769. The molecule has 15 heavy (non-hydrogen) atoms. The molecule has 0 aliphatic rings. The molecule has 0 saturated carbocycles. The van der Waals surface area contributed by atoms with Crippen LogP contribution in [0.1, 0.15) is 19.4 Å². The van der Waals surface area contributed by atoms with Crippen LogP contribution in [0, 0.1) is 11.7 Å². The van der Waals surface area contributed by atoms with Gasteiger partial charge in [-0.25, -0.2) is 9.18 Å². The summed E-state index contributed by atoms with van der Waals surface area (Å²) in [6.45, 7) is 4.10. The number of hydrogen-bond acceptors (Lipinski definition) is 1. The molecule has 82 valence electrons. The Labute approximate surface area is 88.5 Å². The number of amides is 2. The van der Waals surface area contributed by atoms with Crippen molar-refractivity contribution in [1.29, 1.82) is 0 Å². The van der Waals surface area contributed by atoms with Gasteiger partial charge >= 0.3 is 6.03 Å². The molecule has 1 aromatic rings. The van der Waals surface area contributed by atoms with Crippen LogP contribution in [0.5, 0.6) is 0 Å². The number of rotatable bonds is 3. The van der Waals surface area contributed by atoms with E-state index in [0.717, 1.165) is 12.0 Å². The fraction of sp³-hybridized carbons (Fsp3) is 0.364. The summed E-state index contributed by atoms with van der Waals surface area (Å²) in [6, 6.07) is 3.75. The van der Waals surface area contributed by atoms with Crippen LogP contribution in [0.25, 0.3) is 0 Å². The van der Waals surface area contributed by atoms with Crippen LogP contribution in [0.4, 0.5) is 14.9 Å². The van der Waals surface area contributed by atoms with Gasteiger partial charge in [-0.05, 0) is 36.1 Å². The molecule has 0 spiro atoms. The summed E-state index contributed by atoms with van der Waals surface area (Å²) in [5.74, 6) is 0.0742. The second kappa shape index (κ2) is 4.77. The van der Waals surface area contributed by atoms with E-state index in [-0.39, 0.29) is 5.82 Å². The summed E-state index contributed by atoms with van der Waals surface area (Å²) in [5.41, 5.74) is 6.21. The fourth-order valence-corrected chi connectivity index (χ4v) is 1.45. The number of urea groups is 1. The van der Waals surface area contributed by atoms with Crippen molar-refractivity contribution >= 4 is 11.7 Å². The third-order valence-electron chi connectivity index (χ3n) is 1.87. The predicted octanol–water partition coefficient (Wildman–Crippen LogP) is 2.51. The highest BCUT2D eigenvalue weighted by atomic mass is 19.1. The van der Waals surface area contributed by atoms with Gasteiger partial charge in [0.15, 0.2) is 0 Å². The molecule has 0 atom stereocenters. The molecule has 0 aliphatic carbocycles. The molecule has 0 heterocycles. The number of primary amides is 1. The molecule has 0 aromatic heterocycles. The van der Waals surface area contributed by atoms with Gasteiger partial charge in [0.25, 0.3) is 0 Å². The Morgan fingerprint density at radius 2 is 2.13 bits per heavy atom. The van der Waals surface area contributed by atoms with Crippen molar-refractivity contribution in [2.45, 2.75) is 20.3 Å². The smallest absolute Gasteiger partial charge is 0.316 e. The van der Waals surface area contributed by atoms with E-state index in [9.17, 15) is 9.18 Å². The zero-order valence-corrected chi connectivity index (χ0v) is 8.88. The normalized spacial score (nSPS) is 10.4. The molecule has 3 nitrogen and oxygen atoms in total. The van der Waals surface area contributed by atoms with E-state index in [1.807, 2.05) is 13.8 Å². The lowest BCUT2D eigenvalue weighted by Crippen LogP contribution is -2.19. The van der Waals surface area contributed by atoms with E-state index >= 15 is 0 Å². The van der Waals surface area contributed by atoms with E-state index in [4.69, 9.17) is 5.73 Å². The van der Waals surface area contributed by atoms with Crippen LogP contribution in [0.15, 0.2) is 18.2 Å². The van der Waals surface area contributed by atoms with Crippen molar-refractivity contribution in [2.75, 3.05) is 5.32 Å². The Hall–Kier alpha value is -1.58. The first-order valence-electron chi connectivity index (χ1n) is 4.83. The maximum atomic E-state index is 13.1. The Morgan fingerprint density at radius 3 is 2.67 bits per heavy atom. The topological polar surface area (TPSA) is 55.1 Å². The first-order chi connectivity index (χ1) is 6.97. The lowest BCUT2D eigenvalue weighted by molar-refractivity contribution is 0.259. The largest absolute Gasteiger partial charge is 0.351 e. The monoisotopic (exact) mass is 210 g/mol. The highest BCUT2D eigenvalue weighted by molar-refractivity contribution is 5.87. The molecule has 1 rings (SSSR count). The van der Waals surface area contributed by atoms with Gasteiger partial charge in [0.2, 0.25) is 0 Å². The average molecular weight is 210 g/mol. The van der Waals surface area contributed by atoms with Gasteiger partial charge in [0.1, 0.15) is 5.82 Å². The lowest BCUT2D eigenvalue weighted by Gasteiger charge is -2.08. The Balaban J connectivity index is 2.89. The Morgan fingerprint density at radius 1 is 1.47 bits per heavy atom. The number of hydrogen-bond donors (Lipinski definition) is 2. The number of benzene rings is 1. The minimum absolute atomic E-state index is 0.364. The molecule has 0 saturated heterocycles. The van der Waals surface area contributed by atoms with Crippen LogP contribution in [-0.4, -0.2) is 6.03 Å². The van der Waals surface area contributed by atoms with Crippen molar-refractivity contribution in [3.8, 4) is 0 Å². The van der Waals surface area contributed by atoms with Gasteiger partial charge in [-0.3, -0.25) is 0 Å². The van der Waals surface area contributed by atoms with Crippen molar-refractivity contribution in [3.05, 3.63) is 29.6 Å². The van der Waals surface area contributed by atoms with Crippen LogP contribution in [0.3, 0.4) is 0 Å². The predicted molar refractivity (Wildman–Crippen MR) is 58.1 cm³/mol. The molecular formula is C11H15FN2O. The zero-order chi connectivity index (χ0) is 11.4. The second-order valence-corrected chi connectivity index (χ2v) is 3.94. The van der Waals surface area contributed by atoms with Crippen molar-refractivity contribution < 1.29 is 9.18 Å². The third kappa shape index (κ3) is 3.97. The van der Waals surface area contributed by atoms with Gasteiger partial charge in [0.05, 0.1) is 0 Å². The first-order valence-corrected chi connectivity index (χ1v) is 4.83. The second-order valence-electron chi connectivity index (χ2n) is 3.94. The maximum absolute atomic E-state index is 13.1. The summed E-state index contributed by atoms with van der Waals surface area (Å²) in [7, 11) is 0. The third-order valence-corrected chi connectivity index (χ3v) is 1.87. The summed E-state index contributed by atoms with van der Waals surface area (Å²) < 4.78 is 13.1. The number of anilines is 1. The van der Waals surface area contributed by atoms with E-state index in [1.54, 1.807) is 6.07 Å². The molecule has 0 fully saturated rings. The summed E-state index contributed by atoms with van der Waals surface area (Å²) >= 11 is 0. The highest BCUT2D eigenvalue weighted by Gasteiger charge is 2.04. The fourth-order valence-electron chi connectivity index (χ4n) is 1.45. The quantitative estimate of drug-likeness (QED) is 0.791. The minimum Gasteiger partial charge on any atom is -0.351 e. The highest BCUT2D eigenvalue weighted by Crippen LogP contribution is 2.16. The number of carbonyl (C=O) groups is 1. The minimum atomic E-state index is -0.684. The number of nitrogens with one attached hydrogen (secondary N) is 1. The molecular weight excluding hydrogens is 195 g/mol. The molecule has 0 aliphatic heterocycles. The van der Waals surface area contributed by atoms with Gasteiger partial charge < -0.3 is 11.1 Å². The van der Waals surface area contributed by atoms with Crippen molar-refractivity contribution in [1.82, 2.24) is 0 Å². The van der Waals surface area contributed by atoms with Gasteiger partial charge in [-0.2, -0.15) is 0 Å². The van der Waals surface area contributed by atoms with Crippen LogP contribution < -0.4 is 11.1 Å². The standard InChI is InChI=1S/C11H15FN2O/c1-7(2)3-8-4-9(12)6-10(5-8)14-11(13)15/h4-7H,3H2,1-2H3,(H3,13,14,15). The zero-order valence-electron chi connectivity index (χ0n) is 8.88. The number of halogens is 1. The lowest BCUT2D eigenvalue weighted by atomic mass is 10.0. The molecule has 0 radical (unpaired) electrons. The maximum Gasteiger partial charge on any atom is 0.316 e. The van der Waals surface area contributed by atoms with Crippen LogP contribution in [-0.2, 0) is 6.42 Å². The van der Waals surface area contributed by atoms with Crippen molar-refractivity contribution in [3.63, 3.8) is 0 Å². The van der Waals surface area contributed by atoms with Crippen molar-refractivity contribution in [2.24, 2.45) is 11.7 Å². The summed E-state index contributed by atoms with van der Waals surface area (Å²) in [5, 5.41) is 2.36. The molecule has 1 aromatic carbocycles.